The van der Waals surface area contributed by atoms with Crippen LogP contribution in [-0.2, 0) is 0 Å². The Bertz CT molecular complexity index is 433. The highest BCUT2D eigenvalue weighted by Gasteiger charge is 2.15. The van der Waals surface area contributed by atoms with E-state index in [1.54, 1.807) is 0 Å². The van der Waals surface area contributed by atoms with E-state index in [0.29, 0.717) is 0 Å². The predicted octanol–water partition coefficient (Wildman–Crippen LogP) is 4.39. The Hall–Kier alpha value is -1.14. The zero-order valence-electron chi connectivity index (χ0n) is 11.5. The van der Waals surface area contributed by atoms with Crippen LogP contribution in [0.1, 0.15) is 38.7 Å². The Kier molecular flexibility index (Phi) is 5.55. The normalized spacial score (nSPS) is 11.2. The van der Waals surface area contributed by atoms with E-state index in [9.17, 15) is 0 Å². The number of aryl methyl sites for hydroxylation is 1. The van der Waals surface area contributed by atoms with E-state index in [1.165, 1.54) is 4.90 Å². The van der Waals surface area contributed by atoms with E-state index in [1.807, 2.05) is 44.7 Å². The van der Waals surface area contributed by atoms with Gasteiger partial charge in [-0.2, -0.15) is 5.26 Å². The van der Waals surface area contributed by atoms with Gasteiger partial charge >= 0.3 is 0 Å². The molecule has 1 aromatic carbocycles. The van der Waals surface area contributed by atoms with Crippen molar-refractivity contribution in [2.24, 2.45) is 5.41 Å². The molecule has 0 aliphatic rings. The van der Waals surface area contributed by atoms with Crippen LogP contribution in [0.15, 0.2) is 23.1 Å². The van der Waals surface area contributed by atoms with Crippen LogP contribution in [0.3, 0.4) is 0 Å². The summed E-state index contributed by atoms with van der Waals surface area (Å²) in [6.07, 6.45) is 3.19. The number of nitrogen functional groups attached to an aromatic ring is 1. The van der Waals surface area contributed by atoms with E-state index in [0.717, 1.165) is 36.3 Å². The van der Waals surface area contributed by atoms with E-state index in [2.05, 4.69) is 12.1 Å². The van der Waals surface area contributed by atoms with Crippen LogP contribution in [0.5, 0.6) is 0 Å². The highest BCUT2D eigenvalue weighted by atomic mass is 32.2. The van der Waals surface area contributed by atoms with Crippen molar-refractivity contribution in [3.05, 3.63) is 23.8 Å². The summed E-state index contributed by atoms with van der Waals surface area (Å²) in [5, 5.41) is 8.92. The van der Waals surface area contributed by atoms with E-state index < -0.39 is 0 Å². The Morgan fingerprint density at radius 3 is 2.72 bits per heavy atom. The van der Waals surface area contributed by atoms with Gasteiger partial charge in [0.1, 0.15) is 0 Å². The Balaban J connectivity index is 2.31. The number of nitrogens with two attached hydrogens (primary N) is 1. The number of anilines is 1. The third-order valence-electron chi connectivity index (χ3n) is 3.04. The molecule has 0 fully saturated rings. The van der Waals surface area contributed by atoms with Crippen molar-refractivity contribution in [3.63, 3.8) is 0 Å². The van der Waals surface area contributed by atoms with Gasteiger partial charge in [-0.3, -0.25) is 0 Å². The Morgan fingerprint density at radius 1 is 1.33 bits per heavy atom. The first-order valence-corrected chi connectivity index (χ1v) is 7.34. The molecule has 0 heterocycles. The minimum atomic E-state index is -0.187. The van der Waals surface area contributed by atoms with Gasteiger partial charge in [-0.1, -0.05) is 18.6 Å². The van der Waals surface area contributed by atoms with Gasteiger partial charge in [-0.25, -0.2) is 0 Å². The zero-order chi connectivity index (χ0) is 13.6. The number of thioether (sulfide) groups is 1. The molecule has 0 amide bonds. The summed E-state index contributed by atoms with van der Waals surface area (Å²) in [4.78, 5) is 1.18. The summed E-state index contributed by atoms with van der Waals surface area (Å²) >= 11 is 1.81. The number of nitrogens with zero attached hydrogens (tertiary/aromatic N) is 1. The average Bonchev–Trinajstić information content (AvgIpc) is 2.34. The van der Waals surface area contributed by atoms with Gasteiger partial charge < -0.3 is 5.73 Å². The molecule has 0 saturated heterocycles. The first-order chi connectivity index (χ1) is 8.46. The minimum Gasteiger partial charge on any atom is -0.398 e. The van der Waals surface area contributed by atoms with Crippen LogP contribution in [0.2, 0.25) is 0 Å². The van der Waals surface area contributed by atoms with Crippen LogP contribution >= 0.6 is 11.8 Å². The largest absolute Gasteiger partial charge is 0.398 e. The lowest BCUT2D eigenvalue weighted by Crippen LogP contribution is -2.07. The number of unbranched alkanes of at least 4 members (excludes halogenated alkanes) is 1. The maximum atomic E-state index is 8.92. The maximum Gasteiger partial charge on any atom is 0.0683 e. The average molecular weight is 262 g/mol. The number of nitriles is 1. The molecule has 98 valence electrons. The van der Waals surface area contributed by atoms with Crippen LogP contribution in [-0.4, -0.2) is 5.75 Å². The number of hydrogen-bond acceptors (Lipinski definition) is 3. The summed E-state index contributed by atoms with van der Waals surface area (Å²) in [6, 6.07) is 8.50. The fraction of sp³-hybridized carbons (Fsp3) is 0.533. The van der Waals surface area contributed by atoms with Crippen LogP contribution < -0.4 is 5.73 Å². The van der Waals surface area contributed by atoms with E-state index in [4.69, 9.17) is 11.0 Å². The predicted molar refractivity (Wildman–Crippen MR) is 79.6 cm³/mol. The van der Waals surface area contributed by atoms with Crippen LogP contribution in [0.25, 0.3) is 0 Å². The van der Waals surface area contributed by atoms with Gasteiger partial charge in [0.2, 0.25) is 0 Å². The maximum absolute atomic E-state index is 8.92. The van der Waals surface area contributed by atoms with Crippen LogP contribution in [0, 0.1) is 23.7 Å². The molecule has 3 heteroatoms. The summed E-state index contributed by atoms with van der Waals surface area (Å²) in [5.41, 5.74) is 7.88. The second-order valence-corrected chi connectivity index (χ2v) is 6.42. The van der Waals surface area contributed by atoms with Gasteiger partial charge in [0, 0.05) is 10.6 Å². The monoisotopic (exact) mass is 262 g/mol. The minimum absolute atomic E-state index is 0.187. The van der Waals surface area contributed by atoms with Crippen molar-refractivity contribution in [2.45, 2.75) is 44.9 Å². The van der Waals surface area contributed by atoms with Crippen LogP contribution in [0.4, 0.5) is 5.69 Å². The van der Waals surface area contributed by atoms with E-state index >= 15 is 0 Å². The molecular formula is C15H22N2S. The molecule has 18 heavy (non-hydrogen) atoms. The summed E-state index contributed by atoms with van der Waals surface area (Å²) < 4.78 is 0. The molecule has 1 aromatic rings. The summed E-state index contributed by atoms with van der Waals surface area (Å²) in [6.45, 7) is 6.03. The van der Waals surface area contributed by atoms with Crippen molar-refractivity contribution in [1.82, 2.24) is 0 Å². The number of hydrogen-bond donors (Lipinski definition) is 1. The van der Waals surface area contributed by atoms with Crippen molar-refractivity contribution in [3.8, 4) is 6.07 Å². The molecule has 0 aliphatic carbocycles. The molecule has 0 radical (unpaired) electrons. The van der Waals surface area contributed by atoms with Crippen molar-refractivity contribution in [1.29, 1.82) is 5.26 Å². The quantitative estimate of drug-likeness (QED) is 0.470. The van der Waals surface area contributed by atoms with E-state index in [-0.39, 0.29) is 5.41 Å². The molecule has 0 aliphatic heterocycles. The second-order valence-electron chi connectivity index (χ2n) is 5.29. The Labute approximate surface area is 115 Å². The van der Waals surface area contributed by atoms with Gasteiger partial charge in [0.25, 0.3) is 0 Å². The van der Waals surface area contributed by atoms with Gasteiger partial charge in [-0.05, 0) is 51.0 Å². The lowest BCUT2D eigenvalue weighted by molar-refractivity contribution is 0.433. The fourth-order valence-electron chi connectivity index (χ4n) is 1.69. The number of rotatable bonds is 6. The smallest absolute Gasteiger partial charge is 0.0683 e. The number of para-hydroxylation sites is 1. The third-order valence-corrected chi connectivity index (χ3v) is 4.20. The number of benzene rings is 1. The highest BCUT2D eigenvalue weighted by molar-refractivity contribution is 7.99. The first-order valence-electron chi connectivity index (χ1n) is 6.35. The zero-order valence-corrected chi connectivity index (χ0v) is 12.3. The first kappa shape index (κ1) is 14.9. The van der Waals surface area contributed by atoms with Gasteiger partial charge in [-0.15, -0.1) is 11.8 Å². The molecule has 0 spiro atoms. The highest BCUT2D eigenvalue weighted by Crippen LogP contribution is 2.29. The topological polar surface area (TPSA) is 49.8 Å². The molecule has 0 atom stereocenters. The molecule has 0 unspecified atom stereocenters. The molecule has 0 saturated carbocycles. The summed E-state index contributed by atoms with van der Waals surface area (Å²) in [7, 11) is 0. The molecule has 2 N–H and O–H groups in total. The third kappa shape index (κ3) is 4.62. The van der Waals surface area contributed by atoms with Crippen molar-refractivity contribution >= 4 is 17.4 Å². The molecule has 1 rings (SSSR count). The lowest BCUT2D eigenvalue weighted by atomic mass is 9.89. The Morgan fingerprint density at radius 2 is 2.06 bits per heavy atom. The molecule has 0 aromatic heterocycles. The second kappa shape index (κ2) is 6.70. The van der Waals surface area contributed by atoms with Gasteiger partial charge in [0.05, 0.1) is 11.5 Å². The van der Waals surface area contributed by atoms with Crippen molar-refractivity contribution in [2.75, 3.05) is 11.5 Å². The summed E-state index contributed by atoms with van der Waals surface area (Å²) in [5.74, 6) is 1.06. The standard InChI is InChI=1S/C15H22N2S/c1-12-7-6-8-13(14(12)17)18-10-5-4-9-15(2,3)11-16/h6-8H,4-5,9-10,17H2,1-3H3. The van der Waals surface area contributed by atoms with Crippen molar-refractivity contribution < 1.29 is 0 Å². The SMILES string of the molecule is Cc1cccc(SCCCCC(C)(C)C#N)c1N. The fourth-order valence-corrected chi connectivity index (χ4v) is 2.75. The molecule has 0 bridgehead atoms. The molecular weight excluding hydrogens is 240 g/mol. The molecule has 2 nitrogen and oxygen atoms in total. The van der Waals surface area contributed by atoms with Gasteiger partial charge in [0.15, 0.2) is 0 Å². The lowest BCUT2D eigenvalue weighted by Gasteiger charge is -2.14.